The van der Waals surface area contributed by atoms with Gasteiger partial charge >= 0.3 is 5.97 Å². The van der Waals surface area contributed by atoms with Gasteiger partial charge in [-0.1, -0.05) is 6.92 Å². The van der Waals surface area contributed by atoms with Crippen LogP contribution in [0.1, 0.15) is 33.1 Å². The monoisotopic (exact) mass is 306 g/mol. The topological polar surface area (TPSA) is 95.0 Å². The summed E-state index contributed by atoms with van der Waals surface area (Å²) in [5.74, 6) is -1.51. The molecule has 1 aliphatic heterocycles. The second kappa shape index (κ2) is 6.53. The van der Waals surface area contributed by atoms with Gasteiger partial charge in [-0.05, 0) is 26.2 Å². The van der Waals surface area contributed by atoms with E-state index in [4.69, 9.17) is 5.11 Å². The third-order valence-electron chi connectivity index (χ3n) is 3.63. The number of aliphatic carboxylic acids is 1. The van der Waals surface area contributed by atoms with Crippen molar-refractivity contribution in [3.05, 3.63) is 0 Å². The maximum atomic E-state index is 12.5. The highest BCUT2D eigenvalue weighted by Crippen LogP contribution is 2.23. The fraction of sp³-hybridized carbons (Fsp3) is 0.833. The number of carboxylic acid groups (broad SMARTS) is 1. The molecule has 7 nitrogen and oxygen atoms in total. The average molecular weight is 306 g/mol. The van der Waals surface area contributed by atoms with Gasteiger partial charge in [-0.15, -0.1) is 0 Å². The molecule has 1 rings (SSSR count). The van der Waals surface area contributed by atoms with Crippen LogP contribution in [-0.2, 0) is 19.6 Å². The van der Waals surface area contributed by atoms with Gasteiger partial charge in [-0.25, -0.2) is 8.42 Å². The summed E-state index contributed by atoms with van der Waals surface area (Å²) >= 11 is 0. The van der Waals surface area contributed by atoms with E-state index in [0.29, 0.717) is 25.8 Å². The van der Waals surface area contributed by atoms with E-state index in [1.165, 1.54) is 9.21 Å². The van der Waals surface area contributed by atoms with Crippen LogP contribution < -0.4 is 0 Å². The molecular weight excluding hydrogens is 284 g/mol. The van der Waals surface area contributed by atoms with Gasteiger partial charge in [-0.3, -0.25) is 9.59 Å². The van der Waals surface area contributed by atoms with Crippen LogP contribution in [0.15, 0.2) is 0 Å². The Morgan fingerprint density at radius 2 is 2.05 bits per heavy atom. The number of hydrogen-bond acceptors (Lipinski definition) is 4. The Bertz CT molecular complexity index is 476. The zero-order chi connectivity index (χ0) is 15.5. The molecule has 2 atom stereocenters. The molecule has 0 radical (unpaired) electrons. The third-order valence-corrected chi connectivity index (χ3v) is 4.92. The van der Waals surface area contributed by atoms with Crippen LogP contribution >= 0.6 is 0 Å². The highest BCUT2D eigenvalue weighted by Gasteiger charge is 2.39. The van der Waals surface area contributed by atoms with E-state index < -0.39 is 34.5 Å². The van der Waals surface area contributed by atoms with E-state index in [1.54, 1.807) is 6.92 Å². The van der Waals surface area contributed by atoms with Crippen LogP contribution in [0.3, 0.4) is 0 Å². The quantitative estimate of drug-likeness (QED) is 0.752. The highest BCUT2D eigenvalue weighted by molar-refractivity contribution is 7.88. The lowest BCUT2D eigenvalue weighted by Gasteiger charge is -2.32. The van der Waals surface area contributed by atoms with Crippen molar-refractivity contribution in [3.8, 4) is 0 Å². The zero-order valence-corrected chi connectivity index (χ0v) is 12.9. The van der Waals surface area contributed by atoms with Crippen LogP contribution in [0.5, 0.6) is 0 Å². The van der Waals surface area contributed by atoms with Gasteiger partial charge in [0.2, 0.25) is 15.9 Å². The molecule has 0 aromatic carbocycles. The fourth-order valence-electron chi connectivity index (χ4n) is 2.39. The van der Waals surface area contributed by atoms with Crippen LogP contribution in [0.4, 0.5) is 0 Å². The number of nitrogens with zero attached hydrogens (tertiary/aromatic N) is 2. The number of amides is 1. The van der Waals surface area contributed by atoms with E-state index in [1.807, 2.05) is 6.92 Å². The summed E-state index contributed by atoms with van der Waals surface area (Å²) < 4.78 is 24.5. The fourth-order valence-corrected chi connectivity index (χ4v) is 3.51. The molecule has 1 fully saturated rings. The molecule has 1 aliphatic rings. The average Bonchev–Trinajstić information content (AvgIpc) is 2.82. The predicted molar refractivity (Wildman–Crippen MR) is 73.7 cm³/mol. The van der Waals surface area contributed by atoms with Crippen LogP contribution in [0.2, 0.25) is 0 Å². The Morgan fingerprint density at radius 3 is 2.50 bits per heavy atom. The lowest BCUT2D eigenvalue weighted by molar-refractivity contribution is -0.147. The Hall–Kier alpha value is -1.15. The van der Waals surface area contributed by atoms with E-state index in [2.05, 4.69) is 0 Å². The second-order valence-electron chi connectivity index (χ2n) is 5.15. The molecule has 1 heterocycles. The largest absolute Gasteiger partial charge is 0.480 e. The van der Waals surface area contributed by atoms with Crippen LogP contribution in [-0.4, -0.2) is 66.0 Å². The Kier molecular flexibility index (Phi) is 5.52. The SMILES string of the molecule is CCC(C)N(CC(=O)O)C(=O)C1CCCN1S(C)(=O)=O. The summed E-state index contributed by atoms with van der Waals surface area (Å²) in [6, 6.07) is -1.00. The maximum absolute atomic E-state index is 12.5. The van der Waals surface area contributed by atoms with Crippen molar-refractivity contribution < 1.29 is 23.1 Å². The smallest absolute Gasteiger partial charge is 0.323 e. The van der Waals surface area contributed by atoms with Crippen molar-refractivity contribution >= 4 is 21.9 Å². The Labute approximate surface area is 119 Å². The van der Waals surface area contributed by atoms with Gasteiger partial charge in [0.15, 0.2) is 0 Å². The molecule has 0 spiro atoms. The lowest BCUT2D eigenvalue weighted by atomic mass is 10.1. The van der Waals surface area contributed by atoms with Crippen LogP contribution in [0, 0.1) is 0 Å². The van der Waals surface area contributed by atoms with Crippen molar-refractivity contribution in [1.29, 1.82) is 0 Å². The molecule has 0 aliphatic carbocycles. The summed E-state index contributed by atoms with van der Waals surface area (Å²) in [6.45, 7) is 3.54. The van der Waals surface area contributed by atoms with Gasteiger partial charge in [0, 0.05) is 12.6 Å². The van der Waals surface area contributed by atoms with Gasteiger partial charge < -0.3 is 10.0 Å². The van der Waals surface area contributed by atoms with Crippen molar-refractivity contribution in [2.24, 2.45) is 0 Å². The molecule has 116 valence electrons. The van der Waals surface area contributed by atoms with Crippen molar-refractivity contribution in [2.45, 2.75) is 45.2 Å². The number of carboxylic acids is 1. The first-order valence-corrected chi connectivity index (χ1v) is 8.52. The molecule has 0 aromatic heterocycles. The van der Waals surface area contributed by atoms with E-state index in [-0.39, 0.29) is 6.04 Å². The Balaban J connectivity index is 2.96. The maximum Gasteiger partial charge on any atom is 0.323 e. The van der Waals surface area contributed by atoms with Crippen molar-refractivity contribution in [1.82, 2.24) is 9.21 Å². The van der Waals surface area contributed by atoms with Crippen molar-refractivity contribution in [2.75, 3.05) is 19.3 Å². The summed E-state index contributed by atoms with van der Waals surface area (Å²) in [5.41, 5.74) is 0. The number of carbonyl (C=O) groups is 2. The summed E-state index contributed by atoms with van der Waals surface area (Å²) in [7, 11) is -3.45. The minimum absolute atomic E-state index is 0.236. The van der Waals surface area contributed by atoms with Gasteiger partial charge in [0.1, 0.15) is 12.6 Å². The molecule has 20 heavy (non-hydrogen) atoms. The molecule has 1 N–H and O–H groups in total. The zero-order valence-electron chi connectivity index (χ0n) is 12.1. The normalized spacial score (nSPS) is 21.6. The summed E-state index contributed by atoms with van der Waals surface area (Å²) in [4.78, 5) is 24.7. The second-order valence-corrected chi connectivity index (χ2v) is 7.08. The molecule has 2 unspecified atom stereocenters. The number of sulfonamides is 1. The minimum Gasteiger partial charge on any atom is -0.480 e. The van der Waals surface area contributed by atoms with Gasteiger partial charge in [0.25, 0.3) is 0 Å². The van der Waals surface area contributed by atoms with E-state index >= 15 is 0 Å². The molecule has 8 heteroatoms. The molecule has 0 saturated carbocycles. The van der Waals surface area contributed by atoms with Gasteiger partial charge in [-0.2, -0.15) is 4.31 Å². The third kappa shape index (κ3) is 3.92. The first-order valence-electron chi connectivity index (χ1n) is 6.67. The van der Waals surface area contributed by atoms with E-state index in [9.17, 15) is 18.0 Å². The van der Waals surface area contributed by atoms with Gasteiger partial charge in [0.05, 0.1) is 6.26 Å². The summed E-state index contributed by atoms with van der Waals surface area (Å²) in [6.07, 6.45) is 2.75. The number of carbonyl (C=O) groups excluding carboxylic acids is 1. The molecule has 1 amide bonds. The standard InChI is InChI=1S/C12H22N2O5S/c1-4-9(2)13(8-11(15)16)12(17)10-6-5-7-14(10)20(3,18)19/h9-10H,4-8H2,1-3H3,(H,15,16). The molecule has 1 saturated heterocycles. The minimum atomic E-state index is -3.45. The lowest BCUT2D eigenvalue weighted by Crippen LogP contribution is -2.51. The summed E-state index contributed by atoms with van der Waals surface area (Å²) in [5, 5.41) is 8.92. The molecule has 0 bridgehead atoms. The number of rotatable bonds is 6. The predicted octanol–water partition coefficient (Wildman–Crippen LogP) is 0.122. The molecular formula is C12H22N2O5S. The van der Waals surface area contributed by atoms with Crippen LogP contribution in [0.25, 0.3) is 0 Å². The van der Waals surface area contributed by atoms with E-state index in [0.717, 1.165) is 6.26 Å². The Morgan fingerprint density at radius 1 is 1.45 bits per heavy atom. The van der Waals surface area contributed by atoms with Crippen molar-refractivity contribution in [3.63, 3.8) is 0 Å². The first-order chi connectivity index (χ1) is 9.18. The molecule has 0 aromatic rings. The first kappa shape index (κ1) is 16.9. The highest BCUT2D eigenvalue weighted by atomic mass is 32.2. The number of hydrogen-bond donors (Lipinski definition) is 1.